The molecule has 23 heavy (non-hydrogen) atoms. The van der Waals surface area contributed by atoms with Gasteiger partial charge in [0.1, 0.15) is 5.75 Å². The SMILES string of the molecule is COc1cccc([C@H]2C[C@H](O)CN2Cc2cccc(OC)n2)c1. The Bertz CT molecular complexity index is 662. The van der Waals surface area contributed by atoms with Gasteiger partial charge in [-0.2, -0.15) is 0 Å². The van der Waals surface area contributed by atoms with Crippen LogP contribution in [0.5, 0.6) is 11.6 Å². The molecule has 3 rings (SSSR count). The minimum absolute atomic E-state index is 0.160. The third-order valence-electron chi connectivity index (χ3n) is 4.22. The number of methoxy groups -OCH3 is 2. The lowest BCUT2D eigenvalue weighted by Gasteiger charge is -2.24. The number of pyridine rings is 1. The molecule has 2 heterocycles. The Hall–Kier alpha value is -2.11. The minimum Gasteiger partial charge on any atom is -0.497 e. The number of β-amino-alcohol motifs (C(OH)–C–C–N with tert-alkyl or cyclic N) is 1. The standard InChI is InChI=1S/C18H22N2O3/c1-22-16-7-3-5-13(9-16)17-10-15(21)12-20(17)11-14-6-4-8-18(19-14)23-2/h3-9,15,17,21H,10-12H2,1-2H3/t15-,17+/m0/s1. The van der Waals surface area contributed by atoms with Gasteiger partial charge in [-0.15, -0.1) is 0 Å². The van der Waals surface area contributed by atoms with Crippen molar-refractivity contribution >= 4 is 0 Å². The summed E-state index contributed by atoms with van der Waals surface area (Å²) >= 11 is 0. The van der Waals surface area contributed by atoms with Gasteiger partial charge in [0.05, 0.1) is 26.0 Å². The summed E-state index contributed by atoms with van der Waals surface area (Å²) in [5.41, 5.74) is 2.09. The maximum absolute atomic E-state index is 10.1. The monoisotopic (exact) mass is 314 g/mol. The molecule has 1 aromatic heterocycles. The zero-order valence-electron chi connectivity index (χ0n) is 13.5. The lowest BCUT2D eigenvalue weighted by molar-refractivity contribution is 0.172. The third-order valence-corrected chi connectivity index (χ3v) is 4.22. The lowest BCUT2D eigenvalue weighted by Crippen LogP contribution is -2.24. The van der Waals surface area contributed by atoms with Crippen LogP contribution in [0.3, 0.4) is 0 Å². The summed E-state index contributed by atoms with van der Waals surface area (Å²) in [5.74, 6) is 1.45. The van der Waals surface area contributed by atoms with E-state index in [9.17, 15) is 5.11 Å². The van der Waals surface area contributed by atoms with Crippen LogP contribution in [0.1, 0.15) is 23.7 Å². The van der Waals surface area contributed by atoms with Crippen LogP contribution in [-0.2, 0) is 6.54 Å². The van der Waals surface area contributed by atoms with E-state index in [2.05, 4.69) is 16.0 Å². The summed E-state index contributed by atoms with van der Waals surface area (Å²) in [6, 6.07) is 14.0. The van der Waals surface area contributed by atoms with E-state index in [0.29, 0.717) is 19.0 Å². The van der Waals surface area contributed by atoms with E-state index in [0.717, 1.165) is 23.4 Å². The van der Waals surface area contributed by atoms with Crippen LogP contribution >= 0.6 is 0 Å². The number of ether oxygens (including phenoxy) is 2. The fourth-order valence-electron chi connectivity index (χ4n) is 3.12. The molecular formula is C18H22N2O3. The highest BCUT2D eigenvalue weighted by atomic mass is 16.5. The van der Waals surface area contributed by atoms with E-state index in [1.54, 1.807) is 14.2 Å². The van der Waals surface area contributed by atoms with Crippen LogP contribution in [0.25, 0.3) is 0 Å². The number of hydrogen-bond acceptors (Lipinski definition) is 5. The summed E-state index contributed by atoms with van der Waals surface area (Å²) < 4.78 is 10.5. The van der Waals surface area contributed by atoms with Gasteiger partial charge in [-0.1, -0.05) is 18.2 Å². The number of hydrogen-bond donors (Lipinski definition) is 1. The topological polar surface area (TPSA) is 54.8 Å². The Morgan fingerprint density at radius 3 is 2.78 bits per heavy atom. The Morgan fingerprint density at radius 2 is 2.00 bits per heavy atom. The van der Waals surface area contributed by atoms with Crippen molar-refractivity contribution in [2.24, 2.45) is 0 Å². The molecule has 5 heteroatoms. The molecule has 122 valence electrons. The molecule has 0 radical (unpaired) electrons. The Labute approximate surface area is 136 Å². The van der Waals surface area contributed by atoms with Crippen molar-refractivity contribution in [1.29, 1.82) is 0 Å². The Morgan fingerprint density at radius 1 is 1.17 bits per heavy atom. The highest BCUT2D eigenvalue weighted by Crippen LogP contribution is 2.34. The molecular weight excluding hydrogens is 292 g/mol. The number of aliphatic hydroxyl groups excluding tert-OH is 1. The average molecular weight is 314 g/mol. The quantitative estimate of drug-likeness (QED) is 0.918. The van der Waals surface area contributed by atoms with Crippen LogP contribution in [0.4, 0.5) is 0 Å². The van der Waals surface area contributed by atoms with Crippen molar-refractivity contribution < 1.29 is 14.6 Å². The highest BCUT2D eigenvalue weighted by Gasteiger charge is 2.32. The molecule has 1 aromatic carbocycles. The summed E-state index contributed by atoms with van der Waals surface area (Å²) in [4.78, 5) is 6.72. The van der Waals surface area contributed by atoms with E-state index in [-0.39, 0.29) is 12.1 Å². The van der Waals surface area contributed by atoms with Crippen LogP contribution in [0, 0.1) is 0 Å². The number of nitrogens with zero attached hydrogens (tertiary/aromatic N) is 2. The maximum Gasteiger partial charge on any atom is 0.213 e. The molecule has 0 amide bonds. The van der Waals surface area contributed by atoms with Gasteiger partial charge in [0.25, 0.3) is 0 Å². The predicted octanol–water partition coefficient (Wildman–Crippen LogP) is 2.41. The summed E-state index contributed by atoms with van der Waals surface area (Å²) in [6.07, 6.45) is 0.397. The summed E-state index contributed by atoms with van der Waals surface area (Å²) in [5, 5.41) is 10.1. The minimum atomic E-state index is -0.322. The first-order valence-electron chi connectivity index (χ1n) is 7.75. The molecule has 5 nitrogen and oxygen atoms in total. The highest BCUT2D eigenvalue weighted by molar-refractivity contribution is 5.31. The third kappa shape index (κ3) is 3.63. The largest absolute Gasteiger partial charge is 0.497 e. The van der Waals surface area contributed by atoms with Gasteiger partial charge in [-0.3, -0.25) is 4.90 Å². The van der Waals surface area contributed by atoms with Gasteiger partial charge in [-0.25, -0.2) is 4.98 Å². The zero-order valence-corrected chi connectivity index (χ0v) is 13.5. The lowest BCUT2D eigenvalue weighted by atomic mass is 10.0. The van der Waals surface area contributed by atoms with Crippen molar-refractivity contribution in [2.45, 2.75) is 25.1 Å². The van der Waals surface area contributed by atoms with Gasteiger partial charge in [0, 0.05) is 25.2 Å². The molecule has 1 fully saturated rings. The van der Waals surface area contributed by atoms with Gasteiger partial charge in [-0.05, 0) is 30.2 Å². The molecule has 0 saturated carbocycles. The molecule has 1 saturated heterocycles. The Balaban J connectivity index is 1.81. The summed E-state index contributed by atoms with van der Waals surface area (Å²) in [7, 11) is 3.28. The second-order valence-electron chi connectivity index (χ2n) is 5.78. The molecule has 0 aliphatic carbocycles. The molecule has 0 spiro atoms. The van der Waals surface area contributed by atoms with Gasteiger partial charge in [0.2, 0.25) is 5.88 Å². The van der Waals surface area contributed by atoms with Crippen molar-refractivity contribution in [3.63, 3.8) is 0 Å². The van der Waals surface area contributed by atoms with Crippen LogP contribution in [0.15, 0.2) is 42.5 Å². The van der Waals surface area contributed by atoms with Crippen molar-refractivity contribution in [2.75, 3.05) is 20.8 Å². The molecule has 2 aromatic rings. The molecule has 1 N–H and O–H groups in total. The molecule has 2 atom stereocenters. The fraction of sp³-hybridized carbons (Fsp3) is 0.389. The first-order chi connectivity index (χ1) is 11.2. The van der Waals surface area contributed by atoms with E-state index in [1.807, 2.05) is 36.4 Å². The van der Waals surface area contributed by atoms with E-state index < -0.39 is 0 Å². The number of likely N-dealkylation sites (tertiary alicyclic amines) is 1. The first-order valence-corrected chi connectivity index (χ1v) is 7.75. The van der Waals surface area contributed by atoms with Crippen molar-refractivity contribution in [1.82, 2.24) is 9.88 Å². The average Bonchev–Trinajstić information content (AvgIpc) is 2.95. The van der Waals surface area contributed by atoms with Gasteiger partial charge in [0.15, 0.2) is 0 Å². The van der Waals surface area contributed by atoms with Crippen LogP contribution in [0.2, 0.25) is 0 Å². The van der Waals surface area contributed by atoms with Crippen molar-refractivity contribution in [3.8, 4) is 11.6 Å². The van der Waals surface area contributed by atoms with Crippen molar-refractivity contribution in [3.05, 3.63) is 53.7 Å². The van der Waals surface area contributed by atoms with Gasteiger partial charge >= 0.3 is 0 Å². The molecule has 0 unspecified atom stereocenters. The predicted molar refractivity (Wildman–Crippen MR) is 87.6 cm³/mol. The molecule has 0 bridgehead atoms. The number of aromatic nitrogens is 1. The van der Waals surface area contributed by atoms with E-state index in [4.69, 9.17) is 9.47 Å². The second-order valence-corrected chi connectivity index (χ2v) is 5.78. The van der Waals surface area contributed by atoms with E-state index >= 15 is 0 Å². The van der Waals surface area contributed by atoms with Gasteiger partial charge < -0.3 is 14.6 Å². The first kappa shape index (κ1) is 15.8. The Kier molecular flexibility index (Phi) is 4.79. The van der Waals surface area contributed by atoms with Crippen LogP contribution in [-0.4, -0.2) is 41.9 Å². The number of benzene rings is 1. The fourth-order valence-corrected chi connectivity index (χ4v) is 3.12. The second kappa shape index (κ2) is 6.98. The molecule has 1 aliphatic rings. The maximum atomic E-state index is 10.1. The van der Waals surface area contributed by atoms with E-state index in [1.165, 1.54) is 0 Å². The number of rotatable bonds is 5. The summed E-state index contributed by atoms with van der Waals surface area (Å²) in [6.45, 7) is 1.32. The van der Waals surface area contributed by atoms with Crippen LogP contribution < -0.4 is 9.47 Å². The zero-order chi connectivity index (χ0) is 16.2. The normalized spacial score (nSPS) is 21.3. The number of aliphatic hydroxyl groups is 1. The molecule has 1 aliphatic heterocycles. The smallest absolute Gasteiger partial charge is 0.213 e.